The standard InChI is InChI=1S/C12H13F4NO2/c13-9-6-17(7-10(9)18)5-8-3-1-2-4-11(8)19-12(14,15)16/h1-4,9-10,18H,5-7H2/t9-,10-/m1/s1. The lowest BCUT2D eigenvalue weighted by molar-refractivity contribution is -0.275. The van der Waals surface area contributed by atoms with Crippen molar-refractivity contribution in [3.8, 4) is 5.75 Å². The van der Waals surface area contributed by atoms with Crippen LogP contribution < -0.4 is 4.74 Å². The smallest absolute Gasteiger partial charge is 0.405 e. The molecule has 0 bridgehead atoms. The van der Waals surface area contributed by atoms with E-state index >= 15 is 0 Å². The number of benzene rings is 1. The molecule has 0 amide bonds. The predicted molar refractivity (Wildman–Crippen MR) is 59.3 cm³/mol. The van der Waals surface area contributed by atoms with Gasteiger partial charge in [-0.15, -0.1) is 13.2 Å². The van der Waals surface area contributed by atoms with E-state index in [9.17, 15) is 22.7 Å². The van der Waals surface area contributed by atoms with E-state index in [1.54, 1.807) is 11.0 Å². The van der Waals surface area contributed by atoms with Crippen molar-refractivity contribution in [1.29, 1.82) is 0 Å². The number of likely N-dealkylation sites (tertiary alicyclic amines) is 1. The van der Waals surface area contributed by atoms with Crippen LogP contribution in [0.3, 0.4) is 0 Å². The SMILES string of the molecule is O[C@@H]1CN(Cc2ccccc2OC(F)(F)F)C[C@H]1F. The topological polar surface area (TPSA) is 32.7 Å². The van der Waals surface area contributed by atoms with E-state index < -0.39 is 18.6 Å². The second-order valence-electron chi connectivity index (χ2n) is 4.43. The number of hydrogen-bond acceptors (Lipinski definition) is 3. The number of para-hydroxylation sites is 1. The molecule has 1 aromatic carbocycles. The minimum absolute atomic E-state index is 0.00151. The third-order valence-corrected chi connectivity index (χ3v) is 2.89. The van der Waals surface area contributed by atoms with Gasteiger partial charge in [-0.1, -0.05) is 18.2 Å². The van der Waals surface area contributed by atoms with Gasteiger partial charge in [0.2, 0.25) is 0 Å². The number of rotatable bonds is 3. The molecule has 3 nitrogen and oxygen atoms in total. The fourth-order valence-corrected chi connectivity index (χ4v) is 2.05. The van der Waals surface area contributed by atoms with Gasteiger partial charge in [0, 0.05) is 25.2 Å². The molecule has 106 valence electrons. The largest absolute Gasteiger partial charge is 0.573 e. The van der Waals surface area contributed by atoms with E-state index in [0.29, 0.717) is 5.56 Å². The molecule has 1 heterocycles. The van der Waals surface area contributed by atoms with Gasteiger partial charge in [-0.3, -0.25) is 4.90 Å². The molecule has 1 aliphatic rings. The first-order chi connectivity index (χ1) is 8.85. The van der Waals surface area contributed by atoms with Crippen LogP contribution in [0.25, 0.3) is 0 Å². The Bertz CT molecular complexity index is 428. The second kappa shape index (κ2) is 5.34. The quantitative estimate of drug-likeness (QED) is 0.860. The number of alkyl halides is 4. The van der Waals surface area contributed by atoms with Crippen molar-refractivity contribution in [1.82, 2.24) is 4.90 Å². The lowest BCUT2D eigenvalue weighted by Gasteiger charge is -2.18. The van der Waals surface area contributed by atoms with Crippen LogP contribution in [0.15, 0.2) is 24.3 Å². The van der Waals surface area contributed by atoms with E-state index in [0.717, 1.165) is 0 Å². The van der Waals surface area contributed by atoms with Crippen molar-refractivity contribution in [2.75, 3.05) is 13.1 Å². The monoisotopic (exact) mass is 279 g/mol. The van der Waals surface area contributed by atoms with E-state index in [-0.39, 0.29) is 25.4 Å². The van der Waals surface area contributed by atoms with Crippen LogP contribution in [-0.4, -0.2) is 41.7 Å². The molecular formula is C12H13F4NO2. The van der Waals surface area contributed by atoms with Gasteiger partial charge in [-0.25, -0.2) is 4.39 Å². The number of aliphatic hydroxyl groups is 1. The van der Waals surface area contributed by atoms with Gasteiger partial charge >= 0.3 is 6.36 Å². The Hall–Kier alpha value is -1.34. The number of ether oxygens (including phenoxy) is 1. The van der Waals surface area contributed by atoms with E-state index in [4.69, 9.17) is 0 Å². The first-order valence-electron chi connectivity index (χ1n) is 5.73. The molecule has 0 saturated carbocycles. The highest BCUT2D eigenvalue weighted by Gasteiger charge is 2.34. The zero-order chi connectivity index (χ0) is 14.0. The average Bonchev–Trinajstić information content (AvgIpc) is 2.59. The Balaban J connectivity index is 2.08. The second-order valence-corrected chi connectivity index (χ2v) is 4.43. The van der Waals surface area contributed by atoms with Crippen molar-refractivity contribution in [2.45, 2.75) is 25.2 Å². The summed E-state index contributed by atoms with van der Waals surface area (Å²) in [5.74, 6) is -0.299. The van der Waals surface area contributed by atoms with Crippen molar-refractivity contribution >= 4 is 0 Å². The summed E-state index contributed by atoms with van der Waals surface area (Å²) < 4.78 is 53.7. The zero-order valence-corrected chi connectivity index (χ0v) is 9.90. The highest BCUT2D eigenvalue weighted by Crippen LogP contribution is 2.28. The van der Waals surface area contributed by atoms with Crippen LogP contribution in [0.4, 0.5) is 17.6 Å². The Kier molecular flexibility index (Phi) is 3.96. The normalized spacial score (nSPS) is 24.7. The summed E-state index contributed by atoms with van der Waals surface area (Å²) in [6, 6.07) is 5.71. The zero-order valence-electron chi connectivity index (χ0n) is 9.90. The first-order valence-corrected chi connectivity index (χ1v) is 5.73. The maximum Gasteiger partial charge on any atom is 0.573 e. The van der Waals surface area contributed by atoms with E-state index in [1.165, 1.54) is 18.2 Å². The Morgan fingerprint density at radius 3 is 2.53 bits per heavy atom. The third-order valence-electron chi connectivity index (χ3n) is 2.89. The summed E-state index contributed by atoms with van der Waals surface area (Å²) in [6.45, 7) is 0.201. The Morgan fingerprint density at radius 1 is 1.26 bits per heavy atom. The summed E-state index contributed by atoms with van der Waals surface area (Å²) in [6.07, 6.45) is -7.21. The van der Waals surface area contributed by atoms with Crippen molar-refractivity contribution < 1.29 is 27.4 Å². The number of hydrogen-bond donors (Lipinski definition) is 1. The molecule has 0 aliphatic carbocycles. The fraction of sp³-hybridized carbons (Fsp3) is 0.500. The molecule has 7 heteroatoms. The van der Waals surface area contributed by atoms with Gasteiger partial charge in [0.25, 0.3) is 0 Å². The summed E-state index contributed by atoms with van der Waals surface area (Å²) in [5, 5.41) is 9.27. The molecule has 0 aromatic heterocycles. The summed E-state index contributed by atoms with van der Waals surface area (Å²) >= 11 is 0. The molecule has 0 radical (unpaired) electrons. The lowest BCUT2D eigenvalue weighted by atomic mass is 10.2. The molecule has 1 fully saturated rings. The van der Waals surface area contributed by atoms with Gasteiger partial charge in [0.1, 0.15) is 11.9 Å². The maximum absolute atomic E-state index is 13.1. The van der Waals surface area contributed by atoms with Gasteiger partial charge < -0.3 is 9.84 Å². The van der Waals surface area contributed by atoms with Gasteiger partial charge in [0.15, 0.2) is 0 Å². The molecule has 1 aliphatic heterocycles. The van der Waals surface area contributed by atoms with Crippen LogP contribution in [0.5, 0.6) is 5.75 Å². The maximum atomic E-state index is 13.1. The lowest BCUT2D eigenvalue weighted by Crippen LogP contribution is -2.23. The van der Waals surface area contributed by atoms with E-state index in [1.807, 2.05) is 0 Å². The minimum atomic E-state index is -4.76. The molecule has 1 saturated heterocycles. The molecule has 1 N–H and O–H groups in total. The van der Waals surface area contributed by atoms with Crippen LogP contribution in [0, 0.1) is 0 Å². The molecule has 2 rings (SSSR count). The van der Waals surface area contributed by atoms with Crippen molar-refractivity contribution in [2.24, 2.45) is 0 Å². The number of β-amino-alcohol motifs (C(OH)–C–C–N with tert-alkyl or cyclic N) is 1. The van der Waals surface area contributed by atoms with E-state index in [2.05, 4.69) is 4.74 Å². The molecule has 19 heavy (non-hydrogen) atoms. The number of nitrogens with zero attached hydrogens (tertiary/aromatic N) is 1. The molecule has 1 aromatic rings. The predicted octanol–water partition coefficient (Wildman–Crippen LogP) is 2.10. The van der Waals surface area contributed by atoms with Gasteiger partial charge in [0.05, 0.1) is 6.10 Å². The highest BCUT2D eigenvalue weighted by atomic mass is 19.4. The van der Waals surface area contributed by atoms with Crippen molar-refractivity contribution in [3.05, 3.63) is 29.8 Å². The Labute approximate surface area is 107 Å². The molecule has 2 atom stereocenters. The minimum Gasteiger partial charge on any atom is -0.405 e. The highest BCUT2D eigenvalue weighted by molar-refractivity contribution is 5.33. The molecular weight excluding hydrogens is 266 g/mol. The fourth-order valence-electron chi connectivity index (χ4n) is 2.05. The summed E-state index contributed by atoms with van der Waals surface area (Å²) in [5.41, 5.74) is 0.307. The average molecular weight is 279 g/mol. The first kappa shape index (κ1) is 14.1. The Morgan fingerprint density at radius 2 is 1.95 bits per heavy atom. The van der Waals surface area contributed by atoms with Gasteiger partial charge in [-0.05, 0) is 6.07 Å². The van der Waals surface area contributed by atoms with Crippen LogP contribution in [0.1, 0.15) is 5.56 Å². The summed E-state index contributed by atoms with van der Waals surface area (Å²) in [4.78, 5) is 1.55. The third kappa shape index (κ3) is 3.81. The number of aliphatic hydroxyl groups excluding tert-OH is 1. The van der Waals surface area contributed by atoms with Crippen LogP contribution in [-0.2, 0) is 6.54 Å². The van der Waals surface area contributed by atoms with Crippen LogP contribution >= 0.6 is 0 Å². The molecule has 0 unspecified atom stereocenters. The summed E-state index contributed by atoms with van der Waals surface area (Å²) in [7, 11) is 0. The van der Waals surface area contributed by atoms with Crippen molar-refractivity contribution in [3.63, 3.8) is 0 Å². The van der Waals surface area contributed by atoms with Gasteiger partial charge in [-0.2, -0.15) is 0 Å². The number of halogens is 4. The molecule has 0 spiro atoms. The van der Waals surface area contributed by atoms with Crippen LogP contribution in [0.2, 0.25) is 0 Å².